The summed E-state index contributed by atoms with van der Waals surface area (Å²) < 4.78 is 7.08. The zero-order chi connectivity index (χ0) is 16.8. The molecule has 3 aromatic rings. The molecule has 0 amide bonds. The number of pyridine rings is 1. The second-order valence-corrected chi connectivity index (χ2v) is 5.61. The summed E-state index contributed by atoms with van der Waals surface area (Å²) in [6.07, 6.45) is 9.85. The summed E-state index contributed by atoms with van der Waals surface area (Å²) in [4.78, 5) is 12.5. The maximum atomic E-state index is 5.61. The summed E-state index contributed by atoms with van der Waals surface area (Å²) in [5, 5.41) is 3.26. The standard InChI is InChI=1S/C11H9N5.C6H13NO/c12-10-7-13-5-8(15-10)9-6-14-11-3-1-2-4-16(9)11;1-8-6-3-2-4-7-5-6/h1-7H,(H2,12,15);6-7H,2-5H2,1H3. The molecule has 24 heavy (non-hydrogen) atoms. The fraction of sp³-hybridized carbons (Fsp3) is 0.353. The number of ether oxygens (including phenoxy) is 1. The van der Waals surface area contributed by atoms with Gasteiger partial charge in [-0.15, -0.1) is 0 Å². The minimum Gasteiger partial charge on any atom is -0.382 e. The molecule has 0 saturated carbocycles. The second-order valence-electron chi connectivity index (χ2n) is 5.61. The van der Waals surface area contributed by atoms with Crippen molar-refractivity contribution in [3.05, 3.63) is 43.0 Å². The highest BCUT2D eigenvalue weighted by atomic mass is 16.5. The zero-order valence-corrected chi connectivity index (χ0v) is 13.7. The number of nitrogen functional groups attached to an aromatic ring is 1. The van der Waals surface area contributed by atoms with E-state index in [1.807, 2.05) is 28.8 Å². The maximum absolute atomic E-state index is 5.61. The van der Waals surface area contributed by atoms with Gasteiger partial charge in [-0.2, -0.15) is 0 Å². The topological polar surface area (TPSA) is 90.4 Å². The van der Waals surface area contributed by atoms with Gasteiger partial charge in [-0.25, -0.2) is 9.97 Å². The monoisotopic (exact) mass is 326 g/mol. The number of aromatic nitrogens is 4. The highest BCUT2D eigenvalue weighted by molar-refractivity contribution is 5.60. The molecule has 0 radical (unpaired) electrons. The molecule has 1 aliphatic heterocycles. The third-order valence-electron chi connectivity index (χ3n) is 3.92. The molecule has 0 spiro atoms. The Morgan fingerprint density at radius 1 is 1.29 bits per heavy atom. The van der Waals surface area contributed by atoms with Crippen LogP contribution in [0.2, 0.25) is 0 Å². The van der Waals surface area contributed by atoms with Crippen LogP contribution in [0.15, 0.2) is 43.0 Å². The molecular formula is C17H22N6O. The van der Waals surface area contributed by atoms with Crippen LogP contribution in [0.25, 0.3) is 17.0 Å². The minimum absolute atomic E-state index is 0.406. The lowest BCUT2D eigenvalue weighted by molar-refractivity contribution is 0.0810. The Hall–Kier alpha value is -2.51. The van der Waals surface area contributed by atoms with Crippen molar-refractivity contribution in [2.45, 2.75) is 18.9 Å². The lowest BCUT2D eigenvalue weighted by Crippen LogP contribution is -2.34. The van der Waals surface area contributed by atoms with Crippen molar-refractivity contribution >= 4 is 11.5 Å². The molecule has 3 aromatic heterocycles. The summed E-state index contributed by atoms with van der Waals surface area (Å²) in [6, 6.07) is 5.82. The number of hydrogen-bond acceptors (Lipinski definition) is 6. The van der Waals surface area contributed by atoms with Gasteiger partial charge in [0.25, 0.3) is 0 Å². The summed E-state index contributed by atoms with van der Waals surface area (Å²) in [5.41, 5.74) is 8.09. The third-order valence-corrected chi connectivity index (χ3v) is 3.92. The number of imidazole rings is 1. The number of hydrogen-bond donors (Lipinski definition) is 2. The first kappa shape index (κ1) is 16.4. The van der Waals surface area contributed by atoms with Crippen LogP contribution in [0.4, 0.5) is 5.82 Å². The predicted molar refractivity (Wildman–Crippen MR) is 93.5 cm³/mol. The molecule has 1 atom stereocenters. The first-order valence-electron chi connectivity index (χ1n) is 8.01. The van der Waals surface area contributed by atoms with Gasteiger partial charge in [0.1, 0.15) is 17.2 Å². The van der Waals surface area contributed by atoms with Crippen LogP contribution in [-0.2, 0) is 4.74 Å². The van der Waals surface area contributed by atoms with Gasteiger partial charge in [0.15, 0.2) is 0 Å². The Labute approximate surface area is 140 Å². The van der Waals surface area contributed by atoms with Crippen LogP contribution in [0.5, 0.6) is 0 Å². The van der Waals surface area contributed by atoms with E-state index in [4.69, 9.17) is 10.5 Å². The number of rotatable bonds is 2. The summed E-state index contributed by atoms with van der Waals surface area (Å²) >= 11 is 0. The molecule has 1 fully saturated rings. The normalized spacial score (nSPS) is 17.3. The maximum Gasteiger partial charge on any atom is 0.142 e. The Morgan fingerprint density at radius 2 is 2.21 bits per heavy atom. The van der Waals surface area contributed by atoms with Crippen LogP contribution in [0.1, 0.15) is 12.8 Å². The van der Waals surface area contributed by atoms with Crippen LogP contribution in [-0.4, -0.2) is 45.7 Å². The van der Waals surface area contributed by atoms with Crippen molar-refractivity contribution in [3.8, 4) is 11.4 Å². The Balaban J connectivity index is 0.000000179. The molecular weight excluding hydrogens is 304 g/mol. The molecule has 3 N–H and O–H groups in total. The highest BCUT2D eigenvalue weighted by Gasteiger charge is 2.10. The van der Waals surface area contributed by atoms with E-state index in [0.717, 1.165) is 23.6 Å². The number of methoxy groups -OCH3 is 1. The lowest BCUT2D eigenvalue weighted by atomic mass is 10.1. The van der Waals surface area contributed by atoms with E-state index in [-0.39, 0.29) is 0 Å². The number of anilines is 1. The van der Waals surface area contributed by atoms with E-state index < -0.39 is 0 Å². The van der Waals surface area contributed by atoms with Gasteiger partial charge in [0, 0.05) is 19.9 Å². The van der Waals surface area contributed by atoms with E-state index in [2.05, 4.69) is 20.3 Å². The Kier molecular flexibility index (Phi) is 5.35. The molecule has 1 aliphatic rings. The number of nitrogens with two attached hydrogens (primary N) is 1. The van der Waals surface area contributed by atoms with E-state index >= 15 is 0 Å². The quantitative estimate of drug-likeness (QED) is 0.746. The fourth-order valence-electron chi connectivity index (χ4n) is 2.65. The zero-order valence-electron chi connectivity index (χ0n) is 13.7. The first-order valence-corrected chi connectivity index (χ1v) is 8.01. The van der Waals surface area contributed by atoms with E-state index in [0.29, 0.717) is 11.9 Å². The molecule has 0 aliphatic carbocycles. The summed E-state index contributed by atoms with van der Waals surface area (Å²) in [5.74, 6) is 0.406. The van der Waals surface area contributed by atoms with Crippen molar-refractivity contribution in [2.75, 3.05) is 25.9 Å². The van der Waals surface area contributed by atoms with Gasteiger partial charge >= 0.3 is 0 Å². The largest absolute Gasteiger partial charge is 0.382 e. The molecule has 4 rings (SSSR count). The summed E-state index contributed by atoms with van der Waals surface area (Å²) in [6.45, 7) is 2.20. The van der Waals surface area contributed by atoms with Gasteiger partial charge in [-0.05, 0) is 31.5 Å². The van der Waals surface area contributed by atoms with Crippen molar-refractivity contribution in [1.29, 1.82) is 0 Å². The van der Waals surface area contributed by atoms with Crippen LogP contribution < -0.4 is 11.1 Å². The average Bonchev–Trinajstić information content (AvgIpc) is 3.07. The molecule has 4 heterocycles. The molecule has 7 nitrogen and oxygen atoms in total. The SMILES string of the molecule is COC1CCCNC1.Nc1cncc(-c2cnc3ccccn23)n1. The number of nitrogens with one attached hydrogen (secondary N) is 1. The van der Waals surface area contributed by atoms with E-state index in [1.54, 1.807) is 19.5 Å². The second kappa shape index (κ2) is 7.85. The number of fused-ring (bicyclic) bond motifs is 1. The number of nitrogens with zero attached hydrogens (tertiary/aromatic N) is 4. The fourth-order valence-corrected chi connectivity index (χ4v) is 2.65. The van der Waals surface area contributed by atoms with Gasteiger partial charge in [0.05, 0.1) is 30.4 Å². The van der Waals surface area contributed by atoms with Crippen molar-refractivity contribution < 1.29 is 4.74 Å². The minimum atomic E-state index is 0.406. The molecule has 7 heteroatoms. The van der Waals surface area contributed by atoms with Gasteiger partial charge in [-0.3, -0.25) is 9.38 Å². The van der Waals surface area contributed by atoms with E-state index in [1.165, 1.54) is 25.6 Å². The lowest BCUT2D eigenvalue weighted by Gasteiger charge is -2.20. The molecule has 1 unspecified atom stereocenters. The molecule has 0 bridgehead atoms. The van der Waals surface area contributed by atoms with Crippen LogP contribution in [0.3, 0.4) is 0 Å². The smallest absolute Gasteiger partial charge is 0.142 e. The number of piperidine rings is 1. The van der Waals surface area contributed by atoms with Crippen molar-refractivity contribution in [3.63, 3.8) is 0 Å². The van der Waals surface area contributed by atoms with Crippen molar-refractivity contribution in [2.24, 2.45) is 0 Å². The highest BCUT2D eigenvalue weighted by Crippen LogP contribution is 2.18. The van der Waals surface area contributed by atoms with Crippen LogP contribution >= 0.6 is 0 Å². The molecule has 0 aromatic carbocycles. The Bertz CT molecular complexity index is 781. The molecule has 126 valence electrons. The van der Waals surface area contributed by atoms with Gasteiger partial charge in [-0.1, -0.05) is 6.07 Å². The third kappa shape index (κ3) is 3.87. The predicted octanol–water partition coefficient (Wildman–Crippen LogP) is 1.76. The first-order chi connectivity index (χ1) is 11.8. The summed E-state index contributed by atoms with van der Waals surface area (Å²) in [7, 11) is 1.78. The van der Waals surface area contributed by atoms with Gasteiger partial charge < -0.3 is 15.8 Å². The van der Waals surface area contributed by atoms with Crippen LogP contribution in [0, 0.1) is 0 Å². The Morgan fingerprint density at radius 3 is 2.92 bits per heavy atom. The average molecular weight is 326 g/mol. The van der Waals surface area contributed by atoms with E-state index in [9.17, 15) is 0 Å². The van der Waals surface area contributed by atoms with Gasteiger partial charge in [0.2, 0.25) is 0 Å². The molecule has 1 saturated heterocycles. The van der Waals surface area contributed by atoms with Crippen molar-refractivity contribution in [1.82, 2.24) is 24.7 Å².